The van der Waals surface area contributed by atoms with E-state index < -0.39 is 8.07 Å². The van der Waals surface area contributed by atoms with Gasteiger partial charge in [-0.15, -0.1) is 0 Å². The van der Waals surface area contributed by atoms with Crippen LogP contribution in [0.2, 0.25) is 19.6 Å². The first-order valence-corrected chi connectivity index (χ1v) is 10.4. The van der Waals surface area contributed by atoms with E-state index in [1.54, 1.807) is 7.11 Å². The number of methoxy groups -OCH3 is 1. The molecule has 0 radical (unpaired) electrons. The second-order valence-electron chi connectivity index (χ2n) is 5.89. The summed E-state index contributed by atoms with van der Waals surface area (Å²) < 4.78 is 11.1. The van der Waals surface area contributed by atoms with Crippen LogP contribution in [-0.2, 0) is 6.61 Å². The van der Waals surface area contributed by atoms with Gasteiger partial charge in [-0.05, 0) is 17.7 Å². The Morgan fingerprint density at radius 3 is 2.00 bits per heavy atom. The van der Waals surface area contributed by atoms with Gasteiger partial charge < -0.3 is 9.47 Å². The van der Waals surface area contributed by atoms with Gasteiger partial charge in [0.15, 0.2) is 11.5 Å². The Morgan fingerprint density at radius 2 is 1.45 bits per heavy atom. The Bertz CT molecular complexity index is 556. The maximum Gasteiger partial charge on any atom is 0.161 e. The van der Waals surface area contributed by atoms with Crippen molar-refractivity contribution >= 4 is 13.3 Å². The number of ether oxygens (including phenoxy) is 2. The Labute approximate surface area is 122 Å². The van der Waals surface area contributed by atoms with Crippen LogP contribution >= 0.6 is 0 Å². The lowest BCUT2D eigenvalue weighted by Gasteiger charge is -2.17. The zero-order valence-corrected chi connectivity index (χ0v) is 13.6. The van der Waals surface area contributed by atoms with Gasteiger partial charge in [0.25, 0.3) is 0 Å². The van der Waals surface area contributed by atoms with Gasteiger partial charge in [-0.1, -0.05) is 61.2 Å². The zero-order valence-electron chi connectivity index (χ0n) is 12.6. The minimum atomic E-state index is -1.22. The van der Waals surface area contributed by atoms with Crippen LogP contribution in [-0.4, -0.2) is 15.2 Å². The van der Waals surface area contributed by atoms with Crippen molar-refractivity contribution in [3.8, 4) is 11.5 Å². The molecule has 0 aliphatic heterocycles. The standard InChI is InChI=1S/C17H22O2Si/c1-18-16-7-5-6-8-17(16)19-13-14-9-11-15(12-10-14)20(2,3)4/h5-12H,13H2,1-4H3. The van der Waals surface area contributed by atoms with Gasteiger partial charge in [-0.2, -0.15) is 0 Å². The SMILES string of the molecule is COc1ccccc1OCc1ccc([Si](C)(C)C)cc1. The van der Waals surface area contributed by atoms with Gasteiger partial charge in [0.05, 0.1) is 15.2 Å². The number of benzene rings is 2. The van der Waals surface area contributed by atoms with E-state index in [4.69, 9.17) is 9.47 Å². The molecule has 0 aromatic heterocycles. The highest BCUT2D eigenvalue weighted by Crippen LogP contribution is 2.26. The van der Waals surface area contributed by atoms with Crippen molar-refractivity contribution in [1.82, 2.24) is 0 Å². The van der Waals surface area contributed by atoms with Crippen molar-refractivity contribution in [2.45, 2.75) is 26.2 Å². The van der Waals surface area contributed by atoms with Crippen LogP contribution < -0.4 is 14.7 Å². The molecule has 0 aliphatic carbocycles. The van der Waals surface area contributed by atoms with E-state index in [9.17, 15) is 0 Å². The number of para-hydroxylation sites is 2. The third-order valence-corrected chi connectivity index (χ3v) is 5.35. The van der Waals surface area contributed by atoms with Gasteiger partial charge >= 0.3 is 0 Å². The molecule has 2 aromatic rings. The molecular formula is C17H22O2Si. The van der Waals surface area contributed by atoms with E-state index in [2.05, 4.69) is 43.9 Å². The first kappa shape index (κ1) is 14.7. The summed E-state index contributed by atoms with van der Waals surface area (Å²) in [6.07, 6.45) is 0. The number of hydrogen-bond acceptors (Lipinski definition) is 2. The highest BCUT2D eigenvalue weighted by atomic mass is 28.3. The smallest absolute Gasteiger partial charge is 0.161 e. The van der Waals surface area contributed by atoms with Crippen molar-refractivity contribution in [3.63, 3.8) is 0 Å². The Balaban J connectivity index is 2.04. The van der Waals surface area contributed by atoms with Gasteiger partial charge in [0.2, 0.25) is 0 Å². The largest absolute Gasteiger partial charge is 0.493 e. The lowest BCUT2D eigenvalue weighted by atomic mass is 10.2. The van der Waals surface area contributed by atoms with Gasteiger partial charge in [-0.3, -0.25) is 0 Å². The fourth-order valence-corrected chi connectivity index (χ4v) is 3.17. The van der Waals surface area contributed by atoms with E-state index in [1.807, 2.05) is 24.3 Å². The summed E-state index contributed by atoms with van der Waals surface area (Å²) in [5.41, 5.74) is 1.18. The predicted octanol–water partition coefficient (Wildman–Crippen LogP) is 3.82. The van der Waals surface area contributed by atoms with Crippen LogP contribution in [0.5, 0.6) is 11.5 Å². The van der Waals surface area contributed by atoms with Crippen molar-refractivity contribution in [1.29, 1.82) is 0 Å². The lowest BCUT2D eigenvalue weighted by Crippen LogP contribution is -2.37. The van der Waals surface area contributed by atoms with E-state index in [0.29, 0.717) is 6.61 Å². The molecule has 2 aromatic carbocycles. The molecule has 0 N–H and O–H groups in total. The molecule has 20 heavy (non-hydrogen) atoms. The molecule has 0 bridgehead atoms. The summed E-state index contributed by atoms with van der Waals surface area (Å²) >= 11 is 0. The molecule has 0 amide bonds. The fraction of sp³-hybridized carbons (Fsp3) is 0.294. The number of hydrogen-bond donors (Lipinski definition) is 0. The van der Waals surface area contributed by atoms with Crippen LogP contribution in [0.4, 0.5) is 0 Å². The molecule has 3 heteroatoms. The van der Waals surface area contributed by atoms with E-state index >= 15 is 0 Å². The maximum atomic E-state index is 5.83. The zero-order chi connectivity index (χ0) is 14.6. The normalized spacial score (nSPS) is 11.2. The molecule has 0 spiro atoms. The first-order valence-electron chi connectivity index (χ1n) is 6.86. The van der Waals surface area contributed by atoms with Crippen LogP contribution in [0.25, 0.3) is 0 Å². The Morgan fingerprint density at radius 1 is 0.850 bits per heavy atom. The summed E-state index contributed by atoms with van der Waals surface area (Å²) in [5.74, 6) is 1.55. The highest BCUT2D eigenvalue weighted by Gasteiger charge is 2.15. The molecule has 0 aliphatic rings. The lowest BCUT2D eigenvalue weighted by molar-refractivity contribution is 0.284. The fourth-order valence-electron chi connectivity index (χ4n) is 2.00. The molecule has 0 heterocycles. The third kappa shape index (κ3) is 3.64. The average molecular weight is 286 g/mol. The van der Waals surface area contributed by atoms with Crippen LogP contribution in [0.1, 0.15) is 5.56 Å². The molecule has 0 saturated carbocycles. The van der Waals surface area contributed by atoms with E-state index in [-0.39, 0.29) is 0 Å². The van der Waals surface area contributed by atoms with Crippen molar-refractivity contribution in [3.05, 3.63) is 54.1 Å². The summed E-state index contributed by atoms with van der Waals surface area (Å²) in [5, 5.41) is 1.47. The molecule has 0 unspecified atom stereocenters. The Kier molecular flexibility index (Phi) is 4.50. The molecule has 2 rings (SSSR count). The summed E-state index contributed by atoms with van der Waals surface area (Å²) in [7, 11) is 0.439. The van der Waals surface area contributed by atoms with E-state index in [0.717, 1.165) is 11.5 Å². The summed E-state index contributed by atoms with van der Waals surface area (Å²) in [6, 6.07) is 16.5. The monoisotopic (exact) mass is 286 g/mol. The Hall–Kier alpha value is -1.74. The van der Waals surface area contributed by atoms with Gasteiger partial charge in [0.1, 0.15) is 6.61 Å². The van der Waals surface area contributed by atoms with Gasteiger partial charge in [-0.25, -0.2) is 0 Å². The van der Waals surface area contributed by atoms with Crippen molar-refractivity contribution in [2.24, 2.45) is 0 Å². The average Bonchev–Trinajstić information content (AvgIpc) is 2.45. The third-order valence-electron chi connectivity index (χ3n) is 3.28. The maximum absolute atomic E-state index is 5.83. The second-order valence-corrected chi connectivity index (χ2v) is 11.0. The molecule has 106 valence electrons. The topological polar surface area (TPSA) is 18.5 Å². The molecule has 2 nitrogen and oxygen atoms in total. The van der Waals surface area contributed by atoms with E-state index in [1.165, 1.54) is 10.8 Å². The molecule has 0 fully saturated rings. The van der Waals surface area contributed by atoms with Crippen molar-refractivity contribution < 1.29 is 9.47 Å². The minimum absolute atomic E-state index is 0.562. The van der Waals surface area contributed by atoms with Crippen LogP contribution in [0.15, 0.2) is 48.5 Å². The first-order chi connectivity index (χ1) is 9.50. The van der Waals surface area contributed by atoms with Gasteiger partial charge in [0, 0.05) is 0 Å². The molecule has 0 saturated heterocycles. The molecule has 0 atom stereocenters. The summed E-state index contributed by atoms with van der Waals surface area (Å²) in [4.78, 5) is 0. The predicted molar refractivity (Wildman–Crippen MR) is 86.7 cm³/mol. The minimum Gasteiger partial charge on any atom is -0.493 e. The highest BCUT2D eigenvalue weighted by molar-refractivity contribution is 6.88. The molecular weight excluding hydrogens is 264 g/mol. The second kappa shape index (κ2) is 6.14. The van der Waals surface area contributed by atoms with Crippen LogP contribution in [0.3, 0.4) is 0 Å². The van der Waals surface area contributed by atoms with Crippen molar-refractivity contribution in [2.75, 3.05) is 7.11 Å². The van der Waals surface area contributed by atoms with Crippen LogP contribution in [0, 0.1) is 0 Å². The number of rotatable bonds is 5. The quantitative estimate of drug-likeness (QED) is 0.778. The summed E-state index contributed by atoms with van der Waals surface area (Å²) in [6.45, 7) is 7.63.